The summed E-state index contributed by atoms with van der Waals surface area (Å²) in [6.07, 6.45) is 5.64. The zero-order chi connectivity index (χ0) is 12.1. The van der Waals surface area contributed by atoms with Crippen molar-refractivity contribution in [3.63, 3.8) is 0 Å². The highest BCUT2D eigenvalue weighted by Crippen LogP contribution is 2.23. The number of rotatable bonds is 5. The Hall–Kier alpha value is -0.860. The van der Waals surface area contributed by atoms with Crippen molar-refractivity contribution in [2.45, 2.75) is 44.8 Å². The predicted octanol–water partition coefficient (Wildman–Crippen LogP) is 3.21. The average molecular weight is 233 g/mol. The molecule has 0 saturated heterocycles. The molecule has 0 aromatic heterocycles. The number of likely N-dealkylation sites (N-methyl/N-ethyl adjacent to an activating group) is 1. The molecule has 0 radical (unpaired) electrons. The van der Waals surface area contributed by atoms with Crippen molar-refractivity contribution >= 4 is 0 Å². The molecule has 2 heteroatoms. The van der Waals surface area contributed by atoms with E-state index in [1.54, 1.807) is 0 Å². The van der Waals surface area contributed by atoms with Crippen molar-refractivity contribution in [1.29, 1.82) is 0 Å². The Labute approximate surface area is 104 Å². The molecule has 2 rings (SSSR count). The maximum Gasteiger partial charge on any atom is 0.0665 e. The van der Waals surface area contributed by atoms with E-state index in [-0.39, 0.29) is 0 Å². The van der Waals surface area contributed by atoms with E-state index in [0.717, 1.165) is 6.61 Å². The van der Waals surface area contributed by atoms with E-state index in [2.05, 4.69) is 36.5 Å². The lowest BCUT2D eigenvalue weighted by Crippen LogP contribution is -2.24. The number of ether oxygens (including phenoxy) is 1. The summed E-state index contributed by atoms with van der Waals surface area (Å²) in [5.41, 5.74) is 2.62. The minimum Gasteiger partial charge on any atom is -0.376 e. The van der Waals surface area contributed by atoms with Crippen LogP contribution in [-0.2, 0) is 4.74 Å². The maximum atomic E-state index is 5.98. The molecular weight excluding hydrogens is 210 g/mol. The van der Waals surface area contributed by atoms with Crippen molar-refractivity contribution in [3.05, 3.63) is 35.4 Å². The predicted molar refractivity (Wildman–Crippen MR) is 71.2 cm³/mol. The molecule has 1 saturated carbocycles. The fourth-order valence-electron chi connectivity index (χ4n) is 2.43. The highest BCUT2D eigenvalue weighted by Gasteiger charge is 2.17. The van der Waals surface area contributed by atoms with Gasteiger partial charge < -0.3 is 10.1 Å². The van der Waals surface area contributed by atoms with Crippen molar-refractivity contribution in [3.8, 4) is 0 Å². The monoisotopic (exact) mass is 233 g/mol. The minimum atomic E-state index is 0.316. The van der Waals surface area contributed by atoms with Crippen LogP contribution in [0.1, 0.15) is 42.9 Å². The second-order valence-corrected chi connectivity index (χ2v) is 4.99. The Morgan fingerprint density at radius 2 is 1.88 bits per heavy atom. The third-order valence-electron chi connectivity index (χ3n) is 3.63. The molecule has 17 heavy (non-hydrogen) atoms. The molecule has 1 aliphatic rings. The molecule has 1 aromatic rings. The number of benzene rings is 1. The van der Waals surface area contributed by atoms with Crippen LogP contribution >= 0.6 is 0 Å². The Balaban J connectivity index is 1.89. The number of aryl methyl sites for hydroxylation is 1. The fraction of sp³-hybridized carbons (Fsp3) is 0.600. The summed E-state index contributed by atoms with van der Waals surface area (Å²) in [4.78, 5) is 0. The molecule has 0 aliphatic heterocycles. The minimum absolute atomic E-state index is 0.316. The average Bonchev–Trinajstić information content (AvgIpc) is 2.85. The van der Waals surface area contributed by atoms with E-state index < -0.39 is 0 Å². The van der Waals surface area contributed by atoms with E-state index in [1.165, 1.54) is 36.8 Å². The molecular formula is C15H23NO. The van der Waals surface area contributed by atoms with E-state index in [1.807, 2.05) is 7.05 Å². The lowest BCUT2D eigenvalue weighted by molar-refractivity contribution is 0.0439. The topological polar surface area (TPSA) is 21.3 Å². The van der Waals surface area contributed by atoms with Crippen LogP contribution in [0.3, 0.4) is 0 Å². The Morgan fingerprint density at radius 3 is 2.47 bits per heavy atom. The molecule has 2 nitrogen and oxygen atoms in total. The zero-order valence-electron chi connectivity index (χ0n) is 10.9. The second kappa shape index (κ2) is 6.18. The number of hydrogen-bond acceptors (Lipinski definition) is 2. The van der Waals surface area contributed by atoms with Crippen molar-refractivity contribution in [2.24, 2.45) is 0 Å². The maximum absolute atomic E-state index is 5.98. The zero-order valence-corrected chi connectivity index (χ0v) is 10.9. The van der Waals surface area contributed by atoms with Gasteiger partial charge in [-0.25, -0.2) is 0 Å². The standard InChI is InChI=1S/C15H23NO/c1-12-7-9-13(10-8-12)15(16-2)11-17-14-5-3-4-6-14/h7-10,14-16H,3-6,11H2,1-2H3. The quantitative estimate of drug-likeness (QED) is 0.843. The first-order valence-corrected chi connectivity index (χ1v) is 6.65. The Bertz CT molecular complexity index is 327. The summed E-state index contributed by atoms with van der Waals surface area (Å²) in [6, 6.07) is 9.02. The van der Waals surface area contributed by atoms with Gasteiger partial charge in [0.1, 0.15) is 0 Å². The third-order valence-corrected chi connectivity index (χ3v) is 3.63. The largest absolute Gasteiger partial charge is 0.376 e. The molecule has 0 heterocycles. The first-order valence-electron chi connectivity index (χ1n) is 6.65. The number of nitrogens with one attached hydrogen (secondary N) is 1. The van der Waals surface area contributed by atoms with Crippen LogP contribution in [0, 0.1) is 6.92 Å². The van der Waals surface area contributed by atoms with Crippen molar-refractivity contribution in [1.82, 2.24) is 5.32 Å². The SMILES string of the molecule is CNC(COC1CCCC1)c1ccc(C)cc1. The lowest BCUT2D eigenvalue weighted by atomic mass is 10.1. The fourth-order valence-corrected chi connectivity index (χ4v) is 2.43. The number of hydrogen-bond donors (Lipinski definition) is 1. The second-order valence-electron chi connectivity index (χ2n) is 4.99. The summed E-state index contributed by atoms with van der Waals surface area (Å²) in [5, 5.41) is 3.34. The van der Waals surface area contributed by atoms with Gasteiger partial charge in [-0.15, -0.1) is 0 Å². The molecule has 94 valence electrons. The van der Waals surface area contributed by atoms with Crippen molar-refractivity contribution in [2.75, 3.05) is 13.7 Å². The molecule has 0 bridgehead atoms. The third kappa shape index (κ3) is 3.55. The van der Waals surface area contributed by atoms with Crippen molar-refractivity contribution < 1.29 is 4.74 Å². The molecule has 1 atom stereocenters. The summed E-state index contributed by atoms with van der Waals surface area (Å²) in [7, 11) is 2.00. The van der Waals surface area contributed by atoms with E-state index >= 15 is 0 Å². The van der Waals surface area contributed by atoms with Gasteiger partial charge >= 0.3 is 0 Å². The Morgan fingerprint density at radius 1 is 1.24 bits per heavy atom. The van der Waals surface area contributed by atoms with Crippen LogP contribution in [0.2, 0.25) is 0 Å². The van der Waals surface area contributed by atoms with Crippen LogP contribution in [0.15, 0.2) is 24.3 Å². The van der Waals surface area contributed by atoms with Crippen LogP contribution in [0.4, 0.5) is 0 Å². The van der Waals surface area contributed by atoms with Crippen LogP contribution in [0.5, 0.6) is 0 Å². The van der Waals surface area contributed by atoms with Gasteiger partial charge in [0.2, 0.25) is 0 Å². The van der Waals surface area contributed by atoms with Crippen LogP contribution in [-0.4, -0.2) is 19.8 Å². The summed E-state index contributed by atoms with van der Waals surface area (Å²) in [6.45, 7) is 2.90. The molecule has 1 unspecified atom stereocenters. The summed E-state index contributed by atoms with van der Waals surface area (Å²) in [5.74, 6) is 0. The smallest absolute Gasteiger partial charge is 0.0665 e. The highest BCUT2D eigenvalue weighted by atomic mass is 16.5. The van der Waals surface area contributed by atoms with Gasteiger partial charge in [-0.2, -0.15) is 0 Å². The summed E-state index contributed by atoms with van der Waals surface area (Å²) >= 11 is 0. The first kappa shape index (κ1) is 12.6. The van der Waals surface area contributed by atoms with Gasteiger partial charge in [0, 0.05) is 0 Å². The summed E-state index contributed by atoms with van der Waals surface area (Å²) < 4.78 is 5.98. The first-order chi connectivity index (χ1) is 8.29. The van der Waals surface area contributed by atoms with Gasteiger partial charge in [0.05, 0.1) is 18.8 Å². The van der Waals surface area contributed by atoms with Gasteiger partial charge in [-0.1, -0.05) is 42.7 Å². The molecule has 1 aliphatic carbocycles. The molecule has 1 N–H and O–H groups in total. The van der Waals surface area contributed by atoms with E-state index in [9.17, 15) is 0 Å². The van der Waals surface area contributed by atoms with Gasteiger partial charge in [-0.3, -0.25) is 0 Å². The lowest BCUT2D eigenvalue weighted by Gasteiger charge is -2.20. The van der Waals surface area contributed by atoms with Gasteiger partial charge in [-0.05, 0) is 32.4 Å². The molecule has 1 fully saturated rings. The van der Waals surface area contributed by atoms with Crippen LogP contribution in [0.25, 0.3) is 0 Å². The van der Waals surface area contributed by atoms with E-state index in [4.69, 9.17) is 4.74 Å². The highest BCUT2D eigenvalue weighted by molar-refractivity contribution is 5.24. The normalized spacial score (nSPS) is 18.5. The van der Waals surface area contributed by atoms with Gasteiger partial charge in [0.25, 0.3) is 0 Å². The molecule has 0 amide bonds. The molecule has 1 aromatic carbocycles. The van der Waals surface area contributed by atoms with Crippen LogP contribution < -0.4 is 5.32 Å². The van der Waals surface area contributed by atoms with E-state index in [0.29, 0.717) is 12.1 Å². The Kier molecular flexibility index (Phi) is 4.57. The van der Waals surface area contributed by atoms with Gasteiger partial charge in [0.15, 0.2) is 0 Å². The molecule has 0 spiro atoms.